The number of anilines is 1. The first-order valence-electron chi connectivity index (χ1n) is 11.6. The van der Waals surface area contributed by atoms with E-state index in [1.165, 1.54) is 38.2 Å². The van der Waals surface area contributed by atoms with Crippen molar-refractivity contribution in [1.82, 2.24) is 20.4 Å². The molecule has 0 bridgehead atoms. The largest absolute Gasteiger partial charge is 0.390 e. The standard InChI is InChI=1S/C24H30FN5O2/c1-14-19(25)9-8-16-12-18(24-26-15(2)29-32-24)23(28-22(14)16)30-11-10-20(21(31)13-30)27-17-6-4-3-5-7-17/h8-9,12,17,20-21,27,31H,3-7,10-11,13H2,1-2H3/t20-,21+/m0/s1. The van der Waals surface area contributed by atoms with E-state index in [1.54, 1.807) is 19.9 Å². The Kier molecular flexibility index (Phi) is 5.82. The number of nitrogens with zero attached hydrogens (tertiary/aromatic N) is 4. The molecule has 32 heavy (non-hydrogen) atoms. The number of β-amino-alcohol motifs (C(OH)–C–C–N with tert-alkyl or cyclic N) is 1. The number of aliphatic hydroxyl groups excluding tert-OH is 1. The average Bonchev–Trinajstić information content (AvgIpc) is 3.24. The zero-order valence-corrected chi connectivity index (χ0v) is 18.6. The van der Waals surface area contributed by atoms with Gasteiger partial charge in [-0.25, -0.2) is 9.37 Å². The Balaban J connectivity index is 1.46. The van der Waals surface area contributed by atoms with Crippen LogP contribution in [0, 0.1) is 19.7 Å². The van der Waals surface area contributed by atoms with Gasteiger partial charge < -0.3 is 19.8 Å². The van der Waals surface area contributed by atoms with Crippen molar-refractivity contribution in [2.24, 2.45) is 0 Å². The summed E-state index contributed by atoms with van der Waals surface area (Å²) in [6, 6.07) is 5.67. The Morgan fingerprint density at radius 2 is 1.94 bits per heavy atom. The molecule has 1 saturated heterocycles. The van der Waals surface area contributed by atoms with E-state index in [-0.39, 0.29) is 11.9 Å². The number of hydrogen-bond donors (Lipinski definition) is 2. The first-order chi connectivity index (χ1) is 15.5. The Bertz CT molecular complexity index is 1110. The lowest BCUT2D eigenvalue weighted by molar-refractivity contribution is 0.103. The van der Waals surface area contributed by atoms with Gasteiger partial charge >= 0.3 is 0 Å². The summed E-state index contributed by atoms with van der Waals surface area (Å²) in [6.07, 6.45) is 6.49. The van der Waals surface area contributed by atoms with Gasteiger partial charge in [-0.2, -0.15) is 4.98 Å². The molecule has 3 heterocycles. The molecule has 0 amide bonds. The second-order valence-corrected chi connectivity index (χ2v) is 9.16. The van der Waals surface area contributed by atoms with E-state index in [1.807, 2.05) is 6.07 Å². The maximum Gasteiger partial charge on any atom is 0.261 e. The fraction of sp³-hybridized carbons (Fsp3) is 0.542. The first-order valence-corrected chi connectivity index (χ1v) is 11.6. The molecule has 1 aliphatic carbocycles. The minimum absolute atomic E-state index is 0.0723. The van der Waals surface area contributed by atoms with Gasteiger partial charge in [0.15, 0.2) is 5.82 Å². The van der Waals surface area contributed by atoms with Crippen LogP contribution in [-0.4, -0.2) is 51.5 Å². The van der Waals surface area contributed by atoms with Crippen LogP contribution < -0.4 is 10.2 Å². The molecule has 0 spiro atoms. The first kappa shape index (κ1) is 21.3. The molecule has 3 aromatic rings. The molecule has 7 nitrogen and oxygen atoms in total. The van der Waals surface area contributed by atoms with Gasteiger partial charge in [-0.3, -0.25) is 0 Å². The predicted octanol–water partition coefficient (Wildman–Crippen LogP) is 3.90. The van der Waals surface area contributed by atoms with Gasteiger partial charge in [-0.15, -0.1) is 0 Å². The normalized spacial score (nSPS) is 22.6. The van der Waals surface area contributed by atoms with Crippen molar-refractivity contribution in [1.29, 1.82) is 0 Å². The molecular weight excluding hydrogens is 409 g/mol. The van der Waals surface area contributed by atoms with Crippen molar-refractivity contribution in [3.05, 3.63) is 35.4 Å². The van der Waals surface area contributed by atoms with Crippen LogP contribution in [0.1, 0.15) is 49.9 Å². The van der Waals surface area contributed by atoms with E-state index >= 15 is 0 Å². The Morgan fingerprint density at radius 1 is 1.12 bits per heavy atom. The van der Waals surface area contributed by atoms with Gasteiger partial charge in [-0.1, -0.05) is 24.4 Å². The van der Waals surface area contributed by atoms with Crippen molar-refractivity contribution in [3.63, 3.8) is 0 Å². The highest BCUT2D eigenvalue weighted by Crippen LogP contribution is 2.34. The van der Waals surface area contributed by atoms with E-state index in [0.717, 1.165) is 18.4 Å². The number of nitrogens with one attached hydrogen (secondary N) is 1. The monoisotopic (exact) mass is 439 g/mol. The molecule has 5 rings (SSSR count). The molecule has 2 fully saturated rings. The van der Waals surface area contributed by atoms with Crippen molar-refractivity contribution in [2.75, 3.05) is 18.0 Å². The van der Waals surface area contributed by atoms with Crippen LogP contribution in [0.5, 0.6) is 0 Å². The molecule has 1 aromatic carbocycles. The SMILES string of the molecule is Cc1noc(-c2cc3ccc(F)c(C)c3nc2N2CC[C@H](NC3CCCCC3)[C@H](O)C2)n1. The third-order valence-electron chi connectivity index (χ3n) is 6.85. The third kappa shape index (κ3) is 4.09. The highest BCUT2D eigenvalue weighted by molar-refractivity contribution is 5.90. The zero-order valence-electron chi connectivity index (χ0n) is 18.6. The van der Waals surface area contributed by atoms with Gasteiger partial charge in [0.2, 0.25) is 0 Å². The van der Waals surface area contributed by atoms with Crippen molar-refractivity contribution < 1.29 is 14.0 Å². The average molecular weight is 440 g/mol. The number of benzene rings is 1. The molecule has 2 aliphatic rings. The second kappa shape index (κ2) is 8.75. The molecule has 2 aromatic heterocycles. The number of aryl methyl sites for hydroxylation is 2. The number of fused-ring (bicyclic) bond motifs is 1. The third-order valence-corrected chi connectivity index (χ3v) is 6.85. The fourth-order valence-corrected chi connectivity index (χ4v) is 5.04. The highest BCUT2D eigenvalue weighted by Gasteiger charge is 2.32. The maximum atomic E-state index is 14.2. The lowest BCUT2D eigenvalue weighted by Crippen LogP contribution is -2.55. The van der Waals surface area contributed by atoms with Crippen molar-refractivity contribution >= 4 is 16.7 Å². The second-order valence-electron chi connectivity index (χ2n) is 9.16. The summed E-state index contributed by atoms with van der Waals surface area (Å²) in [5, 5.41) is 19.4. The molecule has 1 aliphatic heterocycles. The van der Waals surface area contributed by atoms with Crippen LogP contribution in [0.4, 0.5) is 10.2 Å². The Morgan fingerprint density at radius 3 is 2.66 bits per heavy atom. The fourth-order valence-electron chi connectivity index (χ4n) is 5.04. The van der Waals surface area contributed by atoms with Crippen LogP contribution in [0.25, 0.3) is 22.4 Å². The quantitative estimate of drug-likeness (QED) is 0.637. The van der Waals surface area contributed by atoms with E-state index in [9.17, 15) is 9.50 Å². The maximum absolute atomic E-state index is 14.2. The van der Waals surface area contributed by atoms with Crippen molar-refractivity contribution in [3.8, 4) is 11.5 Å². The topological polar surface area (TPSA) is 87.3 Å². The zero-order chi connectivity index (χ0) is 22.2. The van der Waals surface area contributed by atoms with Crippen molar-refractivity contribution in [2.45, 2.75) is 70.6 Å². The van der Waals surface area contributed by atoms with Gasteiger partial charge in [0, 0.05) is 36.1 Å². The van der Waals surface area contributed by atoms with Crippen LogP contribution in [0.15, 0.2) is 22.7 Å². The molecule has 1 saturated carbocycles. The summed E-state index contributed by atoms with van der Waals surface area (Å²) in [5.74, 6) is 1.28. The molecule has 170 valence electrons. The summed E-state index contributed by atoms with van der Waals surface area (Å²) >= 11 is 0. The van der Waals surface area contributed by atoms with Crippen LogP contribution in [-0.2, 0) is 0 Å². The number of pyridine rings is 1. The van der Waals surface area contributed by atoms with Crippen LogP contribution in [0.2, 0.25) is 0 Å². The number of aromatic nitrogens is 3. The summed E-state index contributed by atoms with van der Waals surface area (Å²) in [4.78, 5) is 11.3. The summed E-state index contributed by atoms with van der Waals surface area (Å²) < 4.78 is 19.7. The number of rotatable bonds is 4. The van der Waals surface area contributed by atoms with E-state index < -0.39 is 6.10 Å². The van der Waals surface area contributed by atoms with E-state index in [0.29, 0.717) is 46.8 Å². The van der Waals surface area contributed by atoms with Gasteiger partial charge in [0.25, 0.3) is 5.89 Å². The van der Waals surface area contributed by atoms with Gasteiger partial charge in [-0.05, 0) is 51.3 Å². The molecular formula is C24H30FN5O2. The van der Waals surface area contributed by atoms with Crippen LogP contribution in [0.3, 0.4) is 0 Å². The molecule has 0 unspecified atom stereocenters. The molecule has 2 atom stereocenters. The smallest absolute Gasteiger partial charge is 0.261 e. The number of hydrogen-bond acceptors (Lipinski definition) is 7. The van der Waals surface area contributed by atoms with Gasteiger partial charge in [0.1, 0.15) is 11.6 Å². The lowest BCUT2D eigenvalue weighted by Gasteiger charge is -2.39. The lowest BCUT2D eigenvalue weighted by atomic mass is 9.92. The molecule has 0 radical (unpaired) electrons. The predicted molar refractivity (Wildman–Crippen MR) is 121 cm³/mol. The minimum Gasteiger partial charge on any atom is -0.390 e. The number of aliphatic hydroxyl groups is 1. The summed E-state index contributed by atoms with van der Waals surface area (Å²) in [5.41, 5.74) is 1.82. The van der Waals surface area contributed by atoms with Gasteiger partial charge in [0.05, 0.1) is 17.2 Å². The van der Waals surface area contributed by atoms with Crippen LogP contribution >= 0.6 is 0 Å². The minimum atomic E-state index is -0.519. The summed E-state index contributed by atoms with van der Waals surface area (Å²) in [6.45, 7) is 4.68. The Hall–Kier alpha value is -2.58. The van der Waals surface area contributed by atoms with E-state index in [2.05, 4.69) is 20.4 Å². The molecule has 8 heteroatoms. The van der Waals surface area contributed by atoms with E-state index in [4.69, 9.17) is 9.51 Å². The Labute approximate surface area is 187 Å². The number of halogens is 1. The number of piperidine rings is 1. The molecule has 2 N–H and O–H groups in total. The highest BCUT2D eigenvalue weighted by atomic mass is 19.1. The summed E-state index contributed by atoms with van der Waals surface area (Å²) in [7, 11) is 0.